The Morgan fingerprint density at radius 3 is 2.32 bits per heavy atom. The summed E-state index contributed by atoms with van der Waals surface area (Å²) in [4.78, 5) is 31.3. The maximum Gasteiger partial charge on any atom is 0.341 e. The molecule has 0 bridgehead atoms. The maximum absolute atomic E-state index is 13.0. The molecule has 1 aliphatic heterocycles. The third kappa shape index (κ3) is 5.59. The van der Waals surface area contributed by atoms with Gasteiger partial charge in [0.15, 0.2) is 0 Å². The highest BCUT2D eigenvalue weighted by atomic mass is 32.1. The topological polar surface area (TPSA) is 61.9 Å². The quantitative estimate of drug-likeness (QED) is 0.335. The van der Waals surface area contributed by atoms with Crippen molar-refractivity contribution in [1.29, 1.82) is 0 Å². The van der Waals surface area contributed by atoms with Crippen LogP contribution in [0.2, 0.25) is 0 Å². The van der Waals surface area contributed by atoms with Crippen LogP contribution in [0.25, 0.3) is 21.9 Å². The van der Waals surface area contributed by atoms with Crippen LogP contribution < -0.4 is 5.32 Å². The van der Waals surface area contributed by atoms with Gasteiger partial charge in [-0.05, 0) is 28.8 Å². The van der Waals surface area contributed by atoms with Crippen LogP contribution in [0.4, 0.5) is 5.00 Å². The van der Waals surface area contributed by atoms with Crippen molar-refractivity contribution in [2.75, 3.05) is 45.2 Å². The molecule has 2 heterocycles. The number of methoxy groups -OCH3 is 1. The van der Waals surface area contributed by atoms with Crippen molar-refractivity contribution in [3.8, 4) is 11.1 Å². The van der Waals surface area contributed by atoms with Crippen LogP contribution in [-0.2, 0) is 16.1 Å². The first kappa shape index (κ1) is 25.1. The lowest BCUT2D eigenvalue weighted by Gasteiger charge is -2.34. The van der Waals surface area contributed by atoms with Crippen LogP contribution in [0, 0.1) is 6.92 Å². The molecule has 1 amide bonds. The number of anilines is 1. The van der Waals surface area contributed by atoms with Crippen LogP contribution in [0.5, 0.6) is 0 Å². The number of benzene rings is 3. The fourth-order valence-corrected chi connectivity index (χ4v) is 6.11. The van der Waals surface area contributed by atoms with Gasteiger partial charge < -0.3 is 10.1 Å². The van der Waals surface area contributed by atoms with Gasteiger partial charge in [-0.2, -0.15) is 0 Å². The highest BCUT2D eigenvalue weighted by Crippen LogP contribution is 2.40. The molecule has 1 aliphatic rings. The molecule has 190 valence electrons. The number of piperazine rings is 1. The summed E-state index contributed by atoms with van der Waals surface area (Å²) in [7, 11) is 1.37. The molecule has 0 saturated carbocycles. The lowest BCUT2D eigenvalue weighted by atomic mass is 10.0. The average molecular weight is 514 g/mol. The zero-order valence-corrected chi connectivity index (χ0v) is 22.0. The number of hydrogen-bond donors (Lipinski definition) is 1. The molecule has 1 aromatic heterocycles. The second kappa shape index (κ2) is 11.3. The third-order valence-corrected chi connectivity index (χ3v) is 7.92. The number of carbonyl (C=O) groups excluding carboxylic acids is 2. The van der Waals surface area contributed by atoms with Gasteiger partial charge in [0.1, 0.15) is 10.6 Å². The van der Waals surface area contributed by atoms with Gasteiger partial charge in [-0.1, -0.05) is 72.8 Å². The van der Waals surface area contributed by atoms with Crippen molar-refractivity contribution in [1.82, 2.24) is 9.80 Å². The van der Waals surface area contributed by atoms with Gasteiger partial charge in [0, 0.05) is 43.2 Å². The Morgan fingerprint density at radius 1 is 0.892 bits per heavy atom. The van der Waals surface area contributed by atoms with Crippen molar-refractivity contribution < 1.29 is 14.3 Å². The Hall–Kier alpha value is -3.52. The number of fused-ring (bicyclic) bond motifs is 1. The predicted molar refractivity (Wildman–Crippen MR) is 150 cm³/mol. The van der Waals surface area contributed by atoms with Crippen molar-refractivity contribution >= 4 is 39.0 Å². The van der Waals surface area contributed by atoms with Crippen molar-refractivity contribution in [3.05, 3.63) is 88.8 Å². The first-order valence-corrected chi connectivity index (χ1v) is 13.3. The monoisotopic (exact) mass is 513 g/mol. The Morgan fingerprint density at radius 2 is 1.57 bits per heavy atom. The number of carbonyl (C=O) groups is 2. The minimum Gasteiger partial charge on any atom is -0.465 e. The van der Waals surface area contributed by atoms with E-state index in [1.807, 2.05) is 37.3 Å². The summed E-state index contributed by atoms with van der Waals surface area (Å²) < 4.78 is 5.07. The number of rotatable bonds is 7. The first-order valence-electron chi connectivity index (χ1n) is 12.5. The van der Waals surface area contributed by atoms with Gasteiger partial charge >= 0.3 is 5.97 Å². The number of nitrogens with zero attached hydrogens (tertiary/aromatic N) is 2. The number of hydrogen-bond acceptors (Lipinski definition) is 6. The molecule has 7 heteroatoms. The first-order chi connectivity index (χ1) is 18.0. The van der Waals surface area contributed by atoms with E-state index in [-0.39, 0.29) is 5.91 Å². The lowest BCUT2D eigenvalue weighted by Crippen LogP contribution is -2.48. The fourth-order valence-electron chi connectivity index (χ4n) is 5.03. The van der Waals surface area contributed by atoms with Gasteiger partial charge in [0.25, 0.3) is 0 Å². The molecule has 5 rings (SSSR count). The van der Waals surface area contributed by atoms with Gasteiger partial charge in [-0.15, -0.1) is 11.3 Å². The summed E-state index contributed by atoms with van der Waals surface area (Å²) in [6, 6.07) is 24.7. The van der Waals surface area contributed by atoms with E-state index in [0.717, 1.165) is 48.7 Å². The smallest absolute Gasteiger partial charge is 0.341 e. The molecular weight excluding hydrogens is 482 g/mol. The standard InChI is InChI=1S/C30H31N3O3S/c1-21-27(23-10-4-3-5-11-23)28(30(35)36-2)29(37-21)31-26(34)20-33-17-15-32(16-18-33)19-24-13-8-12-22-9-6-7-14-25(22)24/h3-14H,15-20H2,1-2H3,(H,31,34). The summed E-state index contributed by atoms with van der Waals surface area (Å²) in [5, 5.41) is 6.11. The molecule has 0 spiro atoms. The van der Waals surface area contributed by atoms with Crippen molar-refractivity contribution in [2.45, 2.75) is 13.5 Å². The van der Waals surface area contributed by atoms with Gasteiger partial charge in [-0.3, -0.25) is 14.6 Å². The predicted octanol–water partition coefficient (Wildman–Crippen LogP) is 5.42. The summed E-state index contributed by atoms with van der Waals surface area (Å²) in [5.41, 5.74) is 3.50. The number of ether oxygens (including phenoxy) is 1. The van der Waals surface area contributed by atoms with E-state index in [1.54, 1.807) is 0 Å². The van der Waals surface area contributed by atoms with Crippen LogP contribution >= 0.6 is 11.3 Å². The Labute approximate surface area is 221 Å². The van der Waals surface area contributed by atoms with E-state index >= 15 is 0 Å². The van der Waals surface area contributed by atoms with Crippen LogP contribution in [0.15, 0.2) is 72.8 Å². The zero-order valence-electron chi connectivity index (χ0n) is 21.2. The fraction of sp³-hybridized carbons (Fsp3) is 0.267. The summed E-state index contributed by atoms with van der Waals surface area (Å²) >= 11 is 1.41. The molecule has 0 radical (unpaired) electrons. The molecule has 37 heavy (non-hydrogen) atoms. The van der Waals surface area contributed by atoms with E-state index < -0.39 is 5.97 Å². The molecule has 1 saturated heterocycles. The maximum atomic E-state index is 13.0. The molecule has 0 aliphatic carbocycles. The van der Waals surface area contributed by atoms with E-state index in [2.05, 4.69) is 57.6 Å². The van der Waals surface area contributed by atoms with E-state index in [1.165, 1.54) is 34.8 Å². The normalized spacial score (nSPS) is 14.5. The molecule has 1 N–H and O–H groups in total. The zero-order chi connectivity index (χ0) is 25.8. The summed E-state index contributed by atoms with van der Waals surface area (Å²) in [6.45, 7) is 6.60. The molecule has 6 nitrogen and oxygen atoms in total. The second-order valence-electron chi connectivity index (χ2n) is 9.33. The van der Waals surface area contributed by atoms with Crippen molar-refractivity contribution in [2.24, 2.45) is 0 Å². The largest absolute Gasteiger partial charge is 0.465 e. The Balaban J connectivity index is 1.22. The molecule has 3 aromatic carbocycles. The van der Waals surface area contributed by atoms with E-state index in [9.17, 15) is 9.59 Å². The number of thiophene rings is 1. The molecule has 0 unspecified atom stereocenters. The minimum atomic E-state index is -0.444. The number of nitrogens with one attached hydrogen (secondary N) is 1. The molecular formula is C30H31N3O3S. The third-order valence-electron chi connectivity index (χ3n) is 6.90. The van der Waals surface area contributed by atoms with Gasteiger partial charge in [-0.25, -0.2) is 4.79 Å². The highest BCUT2D eigenvalue weighted by Gasteiger charge is 2.26. The average Bonchev–Trinajstić information content (AvgIpc) is 3.25. The van der Waals surface area contributed by atoms with E-state index in [4.69, 9.17) is 4.74 Å². The summed E-state index contributed by atoms with van der Waals surface area (Å²) in [5.74, 6) is -0.561. The second-order valence-corrected chi connectivity index (χ2v) is 10.6. The van der Waals surface area contributed by atoms with Crippen molar-refractivity contribution in [3.63, 3.8) is 0 Å². The Kier molecular flexibility index (Phi) is 7.65. The summed E-state index contributed by atoms with van der Waals surface area (Å²) in [6.07, 6.45) is 0. The SMILES string of the molecule is COC(=O)c1c(NC(=O)CN2CCN(Cc3cccc4ccccc34)CC2)sc(C)c1-c1ccccc1. The number of aryl methyl sites for hydroxylation is 1. The van der Waals surface area contributed by atoms with E-state index in [0.29, 0.717) is 17.1 Å². The number of amides is 1. The number of esters is 1. The highest BCUT2D eigenvalue weighted by molar-refractivity contribution is 7.17. The Bertz CT molecular complexity index is 1400. The molecule has 0 atom stereocenters. The van der Waals surface area contributed by atoms with Crippen LogP contribution in [0.1, 0.15) is 20.8 Å². The molecule has 4 aromatic rings. The van der Waals surface area contributed by atoms with Gasteiger partial charge in [0.05, 0.1) is 13.7 Å². The van der Waals surface area contributed by atoms with Gasteiger partial charge in [0.2, 0.25) is 5.91 Å². The lowest BCUT2D eigenvalue weighted by molar-refractivity contribution is -0.117. The minimum absolute atomic E-state index is 0.117. The molecule has 1 fully saturated rings. The van der Waals surface area contributed by atoms with Crippen LogP contribution in [0.3, 0.4) is 0 Å². The van der Waals surface area contributed by atoms with Crippen LogP contribution in [-0.4, -0.2) is 61.5 Å².